The van der Waals surface area contributed by atoms with Crippen LogP contribution in [0.15, 0.2) is 123 Å². The first kappa shape index (κ1) is 28.2. The molecule has 0 saturated heterocycles. The molecule has 0 atom stereocenters. The summed E-state index contributed by atoms with van der Waals surface area (Å²) in [6.07, 6.45) is 11.0. The lowest BCUT2D eigenvalue weighted by atomic mass is 9.82. The van der Waals surface area contributed by atoms with Gasteiger partial charge in [-0.3, -0.25) is 4.99 Å². The van der Waals surface area contributed by atoms with Gasteiger partial charge in [0.15, 0.2) is 0 Å². The summed E-state index contributed by atoms with van der Waals surface area (Å²) in [5.41, 5.74) is 13.4. The molecule has 0 bridgehead atoms. The van der Waals surface area contributed by atoms with Crippen LogP contribution in [0.5, 0.6) is 0 Å². The number of hydrogen-bond donors (Lipinski definition) is 0. The Kier molecular flexibility index (Phi) is 6.70. The van der Waals surface area contributed by atoms with Crippen molar-refractivity contribution >= 4 is 53.3 Å². The molecule has 1 aliphatic heterocycles. The van der Waals surface area contributed by atoms with Crippen LogP contribution in [0.3, 0.4) is 0 Å². The topological polar surface area (TPSA) is 17.3 Å². The minimum Gasteiger partial charge on any atom is -0.309 e. The molecule has 220 valence electrons. The van der Waals surface area contributed by atoms with Crippen LogP contribution in [-0.2, 0) is 12.0 Å². The summed E-state index contributed by atoms with van der Waals surface area (Å²) >= 11 is 3.88. The number of rotatable bonds is 6. The van der Waals surface area contributed by atoms with Crippen LogP contribution in [0.2, 0.25) is 0 Å². The number of aromatic nitrogens is 1. The Morgan fingerprint density at radius 2 is 1.51 bits per heavy atom. The fourth-order valence-electron chi connectivity index (χ4n) is 7.28. The Balaban J connectivity index is 1.25. The highest BCUT2D eigenvalue weighted by molar-refractivity contribution is 8.11. The van der Waals surface area contributed by atoms with E-state index in [1.807, 2.05) is 35.7 Å². The van der Waals surface area contributed by atoms with Crippen molar-refractivity contribution in [3.8, 4) is 27.9 Å². The van der Waals surface area contributed by atoms with Crippen molar-refractivity contribution in [1.82, 2.24) is 4.57 Å². The number of hydrogen-bond acceptors (Lipinski definition) is 3. The van der Waals surface area contributed by atoms with E-state index in [4.69, 9.17) is 0 Å². The zero-order valence-corrected chi connectivity index (χ0v) is 27.3. The van der Waals surface area contributed by atoms with Gasteiger partial charge in [0.25, 0.3) is 0 Å². The highest BCUT2D eigenvalue weighted by atomic mass is 32.2. The molecule has 3 aliphatic rings. The average molecular weight is 619 g/mol. The van der Waals surface area contributed by atoms with Crippen LogP contribution in [0, 0.1) is 0 Å². The van der Waals surface area contributed by atoms with Crippen molar-refractivity contribution in [3.63, 3.8) is 0 Å². The molecule has 0 fully saturated rings. The van der Waals surface area contributed by atoms with Gasteiger partial charge >= 0.3 is 0 Å². The second kappa shape index (κ2) is 10.7. The monoisotopic (exact) mass is 618 g/mol. The van der Waals surface area contributed by atoms with Crippen molar-refractivity contribution in [2.75, 3.05) is 0 Å². The molecule has 0 saturated carbocycles. The van der Waals surface area contributed by atoms with Gasteiger partial charge in [0.2, 0.25) is 0 Å². The Morgan fingerprint density at radius 1 is 0.800 bits per heavy atom. The van der Waals surface area contributed by atoms with Gasteiger partial charge in [-0.15, -0.1) is 0 Å². The minimum atomic E-state index is -0.0494. The second-order valence-corrected chi connectivity index (χ2v) is 14.6. The van der Waals surface area contributed by atoms with Gasteiger partial charge in [-0.05, 0) is 107 Å². The summed E-state index contributed by atoms with van der Waals surface area (Å²) in [6.45, 7) is 17.4. The number of nitrogens with zero attached hydrogens (tertiary/aromatic N) is 2. The first-order valence-corrected chi connectivity index (χ1v) is 17.1. The summed E-state index contributed by atoms with van der Waals surface area (Å²) < 4.78 is 2.28. The number of fused-ring (bicyclic) bond motifs is 6. The molecule has 0 unspecified atom stereocenters. The third kappa shape index (κ3) is 4.38. The largest absolute Gasteiger partial charge is 0.309 e. The Morgan fingerprint density at radius 3 is 2.24 bits per heavy atom. The fourth-order valence-corrected chi connectivity index (χ4v) is 9.70. The lowest BCUT2D eigenvalue weighted by Gasteiger charge is -2.26. The van der Waals surface area contributed by atoms with E-state index in [1.54, 1.807) is 0 Å². The summed E-state index contributed by atoms with van der Waals surface area (Å²) in [5, 5.41) is 1.16. The van der Waals surface area contributed by atoms with E-state index in [-0.39, 0.29) is 5.41 Å². The summed E-state index contributed by atoms with van der Waals surface area (Å²) in [4.78, 5) is 9.71. The molecule has 2 nitrogen and oxygen atoms in total. The van der Waals surface area contributed by atoms with E-state index in [0.29, 0.717) is 6.54 Å². The number of thioether (sulfide) groups is 2. The van der Waals surface area contributed by atoms with E-state index >= 15 is 0 Å². The molecule has 0 amide bonds. The summed E-state index contributed by atoms with van der Waals surface area (Å²) in [5.74, 6) is 0. The zero-order chi connectivity index (χ0) is 30.9. The van der Waals surface area contributed by atoms with Crippen molar-refractivity contribution in [3.05, 3.63) is 136 Å². The van der Waals surface area contributed by atoms with Gasteiger partial charge in [0.1, 0.15) is 0 Å². The molecule has 0 radical (unpaired) electrons. The summed E-state index contributed by atoms with van der Waals surface area (Å²) in [7, 11) is 0. The van der Waals surface area contributed by atoms with E-state index in [1.165, 1.54) is 53.0 Å². The molecular weight excluding hydrogens is 585 g/mol. The normalized spacial score (nSPS) is 15.8. The maximum absolute atomic E-state index is 4.20. The van der Waals surface area contributed by atoms with E-state index in [2.05, 4.69) is 128 Å². The standard InChI is InChI=1S/C41H34N2S2/c1-6-29-32-21-27(16-18-36(32)43(35(29)7-2)28-12-10-11-25(19-28)24-42-5)26-15-17-33-30(20-26)31-22-39-40(23-34(31)41(33,3)4)45-38-14-9-8-13-37(38)44-39/h6-7,10-23H,1-2,5,8-9,24H2,3-4H3. The molecule has 45 heavy (non-hydrogen) atoms. The number of benzene rings is 4. The minimum absolute atomic E-state index is 0.0494. The molecule has 0 spiro atoms. The van der Waals surface area contributed by atoms with Crippen molar-refractivity contribution in [2.45, 2.75) is 48.4 Å². The molecule has 5 aromatic rings. The Hall–Kier alpha value is -4.25. The van der Waals surface area contributed by atoms with Gasteiger partial charge < -0.3 is 4.57 Å². The highest BCUT2D eigenvalue weighted by Crippen LogP contribution is 2.57. The SMILES string of the molecule is C=Cc1c(C=C)n(-c2cccc(CN=C)c2)c2ccc(-c3ccc4c(c3)-c3cc5c(cc3C4(C)C)SC3=CCCC=C3S5)cc12. The van der Waals surface area contributed by atoms with Gasteiger partial charge in [0, 0.05) is 41.7 Å². The first-order valence-electron chi connectivity index (χ1n) is 15.5. The van der Waals surface area contributed by atoms with E-state index in [9.17, 15) is 0 Å². The molecule has 2 aliphatic carbocycles. The number of allylic oxidation sites excluding steroid dienone is 2. The van der Waals surface area contributed by atoms with Crippen LogP contribution in [-0.4, -0.2) is 11.3 Å². The quantitative estimate of drug-likeness (QED) is 0.176. The molecule has 2 heterocycles. The van der Waals surface area contributed by atoms with Crippen LogP contribution in [0.1, 0.15) is 54.6 Å². The molecule has 0 N–H and O–H groups in total. The Bertz CT molecular complexity index is 2170. The first-order chi connectivity index (χ1) is 21.9. The molecule has 4 aromatic carbocycles. The van der Waals surface area contributed by atoms with Gasteiger partial charge in [-0.25, -0.2) is 0 Å². The third-order valence-electron chi connectivity index (χ3n) is 9.49. The average Bonchev–Trinajstić information content (AvgIpc) is 3.50. The van der Waals surface area contributed by atoms with Gasteiger partial charge in [0.05, 0.1) is 17.8 Å². The van der Waals surface area contributed by atoms with Crippen LogP contribution in [0.4, 0.5) is 0 Å². The van der Waals surface area contributed by atoms with Crippen LogP contribution >= 0.6 is 23.5 Å². The van der Waals surface area contributed by atoms with Crippen LogP contribution in [0.25, 0.3) is 51.0 Å². The maximum atomic E-state index is 4.20. The summed E-state index contributed by atoms with van der Waals surface area (Å²) in [6, 6.07) is 27.3. The van der Waals surface area contributed by atoms with E-state index < -0.39 is 0 Å². The fraction of sp³-hybridized carbons (Fsp3) is 0.146. The lowest BCUT2D eigenvalue weighted by Crippen LogP contribution is -2.15. The number of aliphatic imine (C=N–C) groups is 1. The Labute approximate surface area is 274 Å². The van der Waals surface area contributed by atoms with Gasteiger partial charge in [-0.1, -0.05) is 99.1 Å². The third-order valence-corrected chi connectivity index (χ3v) is 12.1. The smallest absolute Gasteiger partial charge is 0.0633 e. The molecule has 4 heteroatoms. The zero-order valence-electron chi connectivity index (χ0n) is 25.7. The molecule has 8 rings (SSSR count). The van der Waals surface area contributed by atoms with E-state index in [0.717, 1.165) is 46.3 Å². The van der Waals surface area contributed by atoms with Crippen LogP contribution < -0.4 is 0 Å². The predicted octanol–water partition coefficient (Wildman–Crippen LogP) is 11.8. The maximum Gasteiger partial charge on any atom is 0.0633 e. The second-order valence-electron chi connectivity index (χ2n) is 12.5. The van der Waals surface area contributed by atoms with Gasteiger partial charge in [-0.2, -0.15) is 0 Å². The highest BCUT2D eigenvalue weighted by Gasteiger charge is 2.37. The molecular formula is C41H34N2S2. The molecule has 1 aromatic heterocycles. The lowest BCUT2D eigenvalue weighted by molar-refractivity contribution is 0.658. The van der Waals surface area contributed by atoms with Crippen molar-refractivity contribution in [2.24, 2.45) is 4.99 Å². The predicted molar refractivity (Wildman–Crippen MR) is 197 cm³/mol. The van der Waals surface area contributed by atoms with Crippen molar-refractivity contribution < 1.29 is 0 Å². The van der Waals surface area contributed by atoms with Crippen molar-refractivity contribution in [1.29, 1.82) is 0 Å².